The lowest BCUT2D eigenvalue weighted by atomic mass is 10.2. The van der Waals surface area contributed by atoms with Crippen molar-refractivity contribution in [3.05, 3.63) is 41.5 Å². The lowest BCUT2D eigenvalue weighted by molar-refractivity contribution is -0.136. The van der Waals surface area contributed by atoms with Gasteiger partial charge in [0.1, 0.15) is 0 Å². The number of aromatic nitrogens is 3. The summed E-state index contributed by atoms with van der Waals surface area (Å²) in [5.41, 5.74) is 2.68. The number of carbonyl (C=O) groups is 1. The van der Waals surface area contributed by atoms with Crippen LogP contribution < -0.4 is 5.35 Å². The van der Waals surface area contributed by atoms with Crippen molar-refractivity contribution >= 4 is 39.0 Å². The molecular formula is C17H18ClN3O2. The molecule has 2 heterocycles. The van der Waals surface area contributed by atoms with Gasteiger partial charge in [0.25, 0.3) is 0 Å². The topological polar surface area (TPSA) is 59.4 Å². The molecule has 1 aromatic carbocycles. The highest BCUT2D eigenvalue weighted by atomic mass is 35.5. The van der Waals surface area contributed by atoms with Gasteiger partial charge in [0, 0.05) is 11.1 Å². The van der Waals surface area contributed by atoms with Gasteiger partial charge in [0.05, 0.1) is 29.2 Å². The van der Waals surface area contributed by atoms with Gasteiger partial charge in [-0.1, -0.05) is 37.1 Å². The van der Waals surface area contributed by atoms with Crippen molar-refractivity contribution in [1.82, 2.24) is 14.6 Å². The predicted octanol–water partition coefficient (Wildman–Crippen LogP) is 3.10. The summed E-state index contributed by atoms with van der Waals surface area (Å²) in [4.78, 5) is 15.5. The molecule has 0 amide bonds. The largest absolute Gasteiger partial charge is 0.461 e. The van der Waals surface area contributed by atoms with Crippen molar-refractivity contribution in [2.75, 3.05) is 6.61 Å². The van der Waals surface area contributed by atoms with Crippen molar-refractivity contribution in [2.45, 2.75) is 26.7 Å². The van der Waals surface area contributed by atoms with Crippen molar-refractivity contribution < 1.29 is 9.53 Å². The van der Waals surface area contributed by atoms with Gasteiger partial charge in [-0.25, -0.2) is 9.31 Å². The number of nitrogens with zero attached hydrogens (tertiary/aromatic N) is 2. The lowest BCUT2D eigenvalue weighted by Crippen LogP contribution is -2.20. The van der Waals surface area contributed by atoms with Crippen molar-refractivity contribution in [3.63, 3.8) is 0 Å². The summed E-state index contributed by atoms with van der Waals surface area (Å²) in [7, 11) is 0. The fourth-order valence-corrected chi connectivity index (χ4v) is 2.70. The zero-order valence-electron chi connectivity index (χ0n) is 13.1. The Balaban J connectivity index is 2.25. The molecule has 1 N–H and O–H groups in total. The maximum absolute atomic E-state index is 12.2. The quantitative estimate of drug-likeness (QED) is 0.590. The van der Waals surface area contributed by atoms with E-state index >= 15 is 0 Å². The summed E-state index contributed by atoms with van der Waals surface area (Å²) in [6.45, 7) is 4.32. The number of H-pyrrole nitrogens is 1. The minimum atomic E-state index is -0.526. The summed E-state index contributed by atoms with van der Waals surface area (Å²) >= 11 is 6.31. The molecule has 0 bridgehead atoms. The van der Waals surface area contributed by atoms with E-state index in [0.717, 1.165) is 35.0 Å². The van der Waals surface area contributed by atoms with Crippen molar-refractivity contribution in [1.29, 1.82) is 0 Å². The third-order valence-corrected chi connectivity index (χ3v) is 3.99. The Hall–Kier alpha value is -2.27. The molecule has 3 aromatic rings. The lowest BCUT2D eigenvalue weighted by Gasteiger charge is -2.02. The van der Waals surface area contributed by atoms with Gasteiger partial charge in [-0.2, -0.15) is 5.10 Å². The standard InChI is InChI=1S/C17H18ClN3O2/c1-3-4-8-23-17(22)15(18)14-9-11(2)20-13-7-5-6-12-10-19-21(14)16(12)13/h5-7,9-10,20H,3-4,8H2,1-2H3/b15-14+. The number of unbranched alkanes of at least 4 members (excludes halogenated alkanes) is 1. The van der Waals surface area contributed by atoms with Crippen LogP contribution in [-0.4, -0.2) is 27.2 Å². The van der Waals surface area contributed by atoms with E-state index in [2.05, 4.69) is 10.1 Å². The molecule has 0 aliphatic carbocycles. The first-order valence-corrected chi connectivity index (χ1v) is 7.99. The van der Waals surface area contributed by atoms with Crippen LogP contribution >= 0.6 is 11.6 Å². The number of ether oxygens (including phenoxy) is 1. The van der Waals surface area contributed by atoms with Gasteiger partial charge in [-0.05, 0) is 25.5 Å². The number of aryl methyl sites for hydroxylation is 1. The average molecular weight is 332 g/mol. The normalized spacial score (nSPS) is 12.7. The SMILES string of the molecule is CCCCOC(=O)/C(Cl)=c1/cc(C)[nH]c2cccc3cnn1c32. The van der Waals surface area contributed by atoms with Crippen molar-refractivity contribution in [3.8, 4) is 0 Å². The van der Waals surface area contributed by atoms with Gasteiger partial charge in [-0.3, -0.25) is 0 Å². The Kier molecular flexibility index (Phi) is 4.39. The van der Waals surface area contributed by atoms with Crippen LogP contribution in [-0.2, 0) is 9.53 Å². The Labute approximate surface area is 138 Å². The average Bonchev–Trinajstić information content (AvgIpc) is 2.90. The first-order valence-electron chi connectivity index (χ1n) is 7.61. The second-order valence-electron chi connectivity index (χ2n) is 5.44. The Morgan fingerprint density at radius 1 is 1.43 bits per heavy atom. The number of carbonyl (C=O) groups excluding carboxylic acids is 1. The molecule has 0 aliphatic heterocycles. The number of nitrogens with one attached hydrogen (secondary N) is 1. The molecule has 0 saturated heterocycles. The smallest absolute Gasteiger partial charge is 0.351 e. The number of aromatic amines is 1. The molecule has 0 atom stereocenters. The number of esters is 1. The number of para-hydroxylation sites is 1. The van der Waals surface area contributed by atoms with Crippen molar-refractivity contribution in [2.24, 2.45) is 0 Å². The fraction of sp³-hybridized carbons (Fsp3) is 0.294. The maximum Gasteiger partial charge on any atom is 0.351 e. The monoisotopic (exact) mass is 331 g/mol. The fourth-order valence-electron chi connectivity index (χ4n) is 2.51. The van der Waals surface area contributed by atoms with E-state index in [-0.39, 0.29) is 5.03 Å². The van der Waals surface area contributed by atoms with E-state index in [0.29, 0.717) is 12.0 Å². The molecule has 0 fully saturated rings. The van der Waals surface area contributed by atoms with E-state index in [4.69, 9.17) is 16.3 Å². The third-order valence-electron chi connectivity index (χ3n) is 3.64. The number of rotatable bonds is 4. The van der Waals surface area contributed by atoms with E-state index in [1.54, 1.807) is 16.8 Å². The molecule has 0 radical (unpaired) electrons. The molecule has 3 rings (SSSR count). The Morgan fingerprint density at radius 2 is 2.26 bits per heavy atom. The first kappa shape index (κ1) is 15.6. The molecule has 0 spiro atoms. The van der Waals surface area contributed by atoms with Crippen LogP contribution in [0.25, 0.3) is 21.5 Å². The molecule has 23 heavy (non-hydrogen) atoms. The van der Waals surface area contributed by atoms with Gasteiger partial charge in [0.15, 0.2) is 5.03 Å². The molecular weight excluding hydrogens is 314 g/mol. The van der Waals surface area contributed by atoms with Crippen LogP contribution in [0.5, 0.6) is 0 Å². The third kappa shape index (κ3) is 2.97. The summed E-state index contributed by atoms with van der Waals surface area (Å²) in [5, 5.41) is 5.90. The summed E-state index contributed by atoms with van der Waals surface area (Å²) in [6.07, 6.45) is 3.52. The van der Waals surface area contributed by atoms with Gasteiger partial charge in [-0.15, -0.1) is 0 Å². The number of hydrogen-bond acceptors (Lipinski definition) is 3. The Morgan fingerprint density at radius 3 is 3.04 bits per heavy atom. The molecule has 0 aliphatic rings. The van der Waals surface area contributed by atoms with E-state index in [1.807, 2.05) is 32.0 Å². The molecule has 2 aromatic heterocycles. The minimum Gasteiger partial charge on any atom is -0.461 e. The van der Waals surface area contributed by atoms with Crippen LogP contribution in [0.3, 0.4) is 0 Å². The maximum atomic E-state index is 12.2. The molecule has 120 valence electrons. The second-order valence-corrected chi connectivity index (χ2v) is 5.82. The van der Waals surface area contributed by atoms with E-state index < -0.39 is 5.97 Å². The second kappa shape index (κ2) is 6.46. The minimum absolute atomic E-state index is 0.0314. The molecule has 5 nitrogen and oxygen atoms in total. The first-order chi connectivity index (χ1) is 11.1. The zero-order chi connectivity index (χ0) is 16.4. The van der Waals surface area contributed by atoms with Crippen LogP contribution in [0.15, 0.2) is 30.5 Å². The Bertz CT molecular complexity index is 940. The van der Waals surface area contributed by atoms with Crippen LogP contribution in [0, 0.1) is 6.92 Å². The van der Waals surface area contributed by atoms with Crippen LogP contribution in [0.4, 0.5) is 0 Å². The molecule has 0 saturated carbocycles. The van der Waals surface area contributed by atoms with Crippen LogP contribution in [0.2, 0.25) is 0 Å². The highest BCUT2D eigenvalue weighted by Crippen LogP contribution is 2.17. The number of benzene rings is 1. The summed E-state index contributed by atoms with van der Waals surface area (Å²) < 4.78 is 6.89. The van der Waals surface area contributed by atoms with Gasteiger partial charge < -0.3 is 9.72 Å². The summed E-state index contributed by atoms with van der Waals surface area (Å²) in [5.74, 6) is -0.526. The zero-order valence-corrected chi connectivity index (χ0v) is 13.9. The predicted molar refractivity (Wildman–Crippen MR) is 90.9 cm³/mol. The molecule has 6 heteroatoms. The molecule has 0 unspecified atom stereocenters. The van der Waals surface area contributed by atoms with Gasteiger partial charge in [0.2, 0.25) is 0 Å². The van der Waals surface area contributed by atoms with Gasteiger partial charge >= 0.3 is 5.97 Å². The highest BCUT2D eigenvalue weighted by Gasteiger charge is 2.13. The van der Waals surface area contributed by atoms with Crippen LogP contribution in [0.1, 0.15) is 25.5 Å². The number of halogens is 1. The van der Waals surface area contributed by atoms with E-state index in [1.165, 1.54) is 0 Å². The highest BCUT2D eigenvalue weighted by molar-refractivity contribution is 6.59. The van der Waals surface area contributed by atoms with E-state index in [9.17, 15) is 4.79 Å². The number of hydrogen-bond donors (Lipinski definition) is 1. The summed E-state index contributed by atoms with van der Waals surface area (Å²) in [6, 6.07) is 7.69.